The van der Waals surface area contributed by atoms with Gasteiger partial charge in [0.2, 0.25) is 0 Å². The standard InChI is InChI=1S/C23H42O4/c1-15(2)16-6-8-19-17(12-16)7-9-20-22(19,3)10-5-11-23(20,4)21(27-26)13-18(25)14-24/h15-21,24-26H,5-14H2,1-4H3. The van der Waals surface area contributed by atoms with Gasteiger partial charge in [-0.1, -0.05) is 34.1 Å². The Hall–Kier alpha value is -0.160. The quantitative estimate of drug-likeness (QED) is 0.452. The SMILES string of the molecule is CC(C)C1CCC2C(CCC3C(C)(C(CC(O)CO)OO)CCCC23C)C1. The number of fused-ring (bicyclic) bond motifs is 3. The van der Waals surface area contributed by atoms with E-state index in [9.17, 15) is 15.5 Å². The van der Waals surface area contributed by atoms with Gasteiger partial charge in [-0.3, -0.25) is 5.26 Å². The maximum atomic E-state index is 9.99. The molecular formula is C23H42O4. The van der Waals surface area contributed by atoms with Crippen molar-refractivity contribution >= 4 is 0 Å². The third-order valence-electron chi connectivity index (χ3n) is 9.22. The van der Waals surface area contributed by atoms with E-state index in [0.717, 1.165) is 36.5 Å². The molecule has 4 nitrogen and oxygen atoms in total. The van der Waals surface area contributed by atoms with Gasteiger partial charge in [0.1, 0.15) is 6.10 Å². The molecule has 8 unspecified atom stereocenters. The summed E-state index contributed by atoms with van der Waals surface area (Å²) in [6.45, 7) is 9.26. The highest BCUT2D eigenvalue weighted by atomic mass is 17.1. The second-order valence-corrected chi connectivity index (χ2v) is 10.8. The monoisotopic (exact) mass is 382 g/mol. The number of rotatable bonds is 6. The molecule has 3 N–H and O–H groups in total. The van der Waals surface area contributed by atoms with E-state index in [1.807, 2.05) is 0 Å². The molecule has 0 aromatic rings. The van der Waals surface area contributed by atoms with Crippen LogP contribution in [0.1, 0.15) is 85.5 Å². The Morgan fingerprint density at radius 2 is 1.81 bits per heavy atom. The minimum absolute atomic E-state index is 0.141. The Labute approximate surface area is 165 Å². The van der Waals surface area contributed by atoms with E-state index in [2.05, 4.69) is 27.7 Å². The van der Waals surface area contributed by atoms with Crippen LogP contribution in [0.25, 0.3) is 0 Å². The van der Waals surface area contributed by atoms with Crippen LogP contribution in [-0.2, 0) is 4.89 Å². The van der Waals surface area contributed by atoms with Crippen molar-refractivity contribution in [2.24, 2.45) is 40.4 Å². The summed E-state index contributed by atoms with van der Waals surface area (Å²) in [5.74, 6) is 3.83. The Bertz CT molecular complexity index is 495. The molecule has 0 amide bonds. The molecule has 27 heavy (non-hydrogen) atoms. The summed E-state index contributed by atoms with van der Waals surface area (Å²) in [5, 5.41) is 29.0. The summed E-state index contributed by atoms with van der Waals surface area (Å²) in [5.41, 5.74) is 0.163. The highest BCUT2D eigenvalue weighted by Crippen LogP contribution is 2.65. The third-order valence-corrected chi connectivity index (χ3v) is 9.22. The molecule has 8 atom stereocenters. The molecule has 3 aliphatic rings. The van der Waals surface area contributed by atoms with E-state index in [0.29, 0.717) is 17.8 Å². The molecule has 3 rings (SSSR count). The fourth-order valence-electron chi connectivity index (χ4n) is 7.67. The lowest BCUT2D eigenvalue weighted by Crippen LogP contribution is -2.57. The summed E-state index contributed by atoms with van der Waals surface area (Å²) < 4.78 is 0. The van der Waals surface area contributed by atoms with Crippen molar-refractivity contribution in [1.29, 1.82) is 0 Å². The van der Waals surface area contributed by atoms with Crippen LogP contribution in [0.2, 0.25) is 0 Å². The van der Waals surface area contributed by atoms with Gasteiger partial charge in [0.25, 0.3) is 0 Å². The van der Waals surface area contributed by atoms with Gasteiger partial charge in [0.05, 0.1) is 12.7 Å². The van der Waals surface area contributed by atoms with Gasteiger partial charge in [-0.05, 0) is 80.0 Å². The highest BCUT2D eigenvalue weighted by molar-refractivity contribution is 5.08. The smallest absolute Gasteiger partial charge is 0.101 e. The largest absolute Gasteiger partial charge is 0.394 e. The first-order chi connectivity index (χ1) is 12.8. The van der Waals surface area contributed by atoms with Crippen molar-refractivity contribution in [2.75, 3.05) is 6.61 Å². The molecule has 3 aliphatic carbocycles. The van der Waals surface area contributed by atoms with Crippen LogP contribution < -0.4 is 0 Å². The summed E-state index contributed by atoms with van der Waals surface area (Å²) in [7, 11) is 0. The van der Waals surface area contributed by atoms with Gasteiger partial charge in [-0.2, -0.15) is 0 Å². The van der Waals surface area contributed by atoms with Gasteiger partial charge in [0, 0.05) is 11.8 Å². The zero-order chi connectivity index (χ0) is 19.8. The lowest BCUT2D eigenvalue weighted by Gasteiger charge is -2.63. The first kappa shape index (κ1) is 21.5. The number of hydrogen-bond donors (Lipinski definition) is 3. The lowest BCUT2D eigenvalue weighted by molar-refractivity contribution is -0.325. The zero-order valence-electron chi connectivity index (χ0n) is 17.9. The molecule has 0 aliphatic heterocycles. The molecule has 0 saturated heterocycles. The summed E-state index contributed by atoms with van der Waals surface area (Å²) in [6, 6.07) is 0. The zero-order valence-corrected chi connectivity index (χ0v) is 17.9. The highest BCUT2D eigenvalue weighted by Gasteiger charge is 2.59. The average Bonchev–Trinajstić information content (AvgIpc) is 2.65. The molecule has 0 spiro atoms. The molecule has 3 fully saturated rings. The van der Waals surface area contributed by atoms with Crippen molar-refractivity contribution in [1.82, 2.24) is 0 Å². The van der Waals surface area contributed by atoms with Crippen LogP contribution in [0, 0.1) is 40.4 Å². The summed E-state index contributed by atoms with van der Waals surface area (Å²) in [4.78, 5) is 4.97. The predicted molar refractivity (Wildman–Crippen MR) is 107 cm³/mol. The third kappa shape index (κ3) is 3.84. The van der Waals surface area contributed by atoms with Gasteiger partial charge in [0.15, 0.2) is 0 Å². The van der Waals surface area contributed by atoms with Crippen molar-refractivity contribution in [3.05, 3.63) is 0 Å². The molecule has 158 valence electrons. The topological polar surface area (TPSA) is 69.9 Å². The minimum Gasteiger partial charge on any atom is -0.394 e. The predicted octanol–water partition coefficient (Wildman–Crippen LogP) is 4.88. The second-order valence-electron chi connectivity index (χ2n) is 10.8. The van der Waals surface area contributed by atoms with Crippen LogP contribution in [-0.4, -0.2) is 34.3 Å². The number of aliphatic hydroxyl groups is 2. The van der Waals surface area contributed by atoms with E-state index >= 15 is 0 Å². The normalized spacial score (nSPS) is 44.4. The number of aliphatic hydroxyl groups excluding tert-OH is 2. The van der Waals surface area contributed by atoms with E-state index in [1.54, 1.807) is 0 Å². The van der Waals surface area contributed by atoms with Gasteiger partial charge >= 0.3 is 0 Å². The molecule has 4 heteroatoms. The fourth-order valence-corrected chi connectivity index (χ4v) is 7.67. The molecule has 0 radical (unpaired) electrons. The van der Waals surface area contributed by atoms with Gasteiger partial charge in [-0.15, -0.1) is 0 Å². The molecule has 0 aromatic heterocycles. The van der Waals surface area contributed by atoms with Crippen LogP contribution in [0.5, 0.6) is 0 Å². The molecule has 0 heterocycles. The van der Waals surface area contributed by atoms with Crippen molar-refractivity contribution in [3.63, 3.8) is 0 Å². The van der Waals surface area contributed by atoms with Crippen LogP contribution in [0.4, 0.5) is 0 Å². The van der Waals surface area contributed by atoms with Crippen LogP contribution in [0.3, 0.4) is 0 Å². The maximum Gasteiger partial charge on any atom is 0.101 e. The average molecular weight is 383 g/mol. The molecule has 0 bridgehead atoms. The molecular weight excluding hydrogens is 340 g/mol. The molecule has 3 saturated carbocycles. The maximum absolute atomic E-state index is 9.99. The Morgan fingerprint density at radius 1 is 1.07 bits per heavy atom. The van der Waals surface area contributed by atoms with Crippen LogP contribution in [0.15, 0.2) is 0 Å². The second kappa shape index (κ2) is 8.30. The van der Waals surface area contributed by atoms with E-state index < -0.39 is 12.2 Å². The Balaban J connectivity index is 1.82. The van der Waals surface area contributed by atoms with Crippen LogP contribution >= 0.6 is 0 Å². The summed E-state index contributed by atoms with van der Waals surface area (Å²) >= 11 is 0. The first-order valence-corrected chi connectivity index (χ1v) is 11.4. The summed E-state index contributed by atoms with van der Waals surface area (Å²) in [6.07, 6.45) is 9.14. The van der Waals surface area contributed by atoms with Gasteiger partial charge < -0.3 is 10.2 Å². The van der Waals surface area contributed by atoms with Crippen molar-refractivity contribution in [2.45, 2.75) is 97.7 Å². The van der Waals surface area contributed by atoms with Crippen molar-refractivity contribution < 1.29 is 20.4 Å². The lowest BCUT2D eigenvalue weighted by atomic mass is 9.42. The molecule has 0 aromatic carbocycles. The van der Waals surface area contributed by atoms with Crippen molar-refractivity contribution in [3.8, 4) is 0 Å². The minimum atomic E-state index is -0.829. The van der Waals surface area contributed by atoms with Gasteiger partial charge in [-0.25, -0.2) is 4.89 Å². The Morgan fingerprint density at radius 3 is 2.44 bits per heavy atom. The van der Waals surface area contributed by atoms with E-state index in [1.165, 1.54) is 38.5 Å². The number of hydrogen-bond acceptors (Lipinski definition) is 4. The van der Waals surface area contributed by atoms with E-state index in [-0.39, 0.29) is 12.0 Å². The van der Waals surface area contributed by atoms with E-state index in [4.69, 9.17) is 4.89 Å². The Kier molecular flexibility index (Phi) is 6.62. The fraction of sp³-hybridized carbons (Fsp3) is 1.00. The first-order valence-electron chi connectivity index (χ1n) is 11.4.